The van der Waals surface area contributed by atoms with E-state index in [4.69, 9.17) is 26.8 Å². The van der Waals surface area contributed by atoms with E-state index in [-0.39, 0.29) is 11.1 Å². The maximum absolute atomic E-state index is 11.7. The highest BCUT2D eigenvalue weighted by Gasteiger charge is 2.19. The molecule has 3 rings (SSSR count). The Balaban J connectivity index is 1.79. The lowest BCUT2D eigenvalue weighted by Crippen LogP contribution is -2.01. The Morgan fingerprint density at radius 1 is 1.20 bits per heavy atom. The van der Waals surface area contributed by atoms with E-state index in [1.54, 1.807) is 19.3 Å². The van der Waals surface area contributed by atoms with Gasteiger partial charge in [0.25, 0.3) is 5.91 Å². The molecule has 0 aromatic heterocycles. The van der Waals surface area contributed by atoms with Crippen molar-refractivity contribution in [2.24, 2.45) is 10.7 Å². The molecule has 0 bridgehead atoms. The number of carbonyl (C=O) groups excluding carboxylic acids is 1. The molecule has 0 atom stereocenters. The molecule has 128 valence electrons. The first-order valence-corrected chi connectivity index (χ1v) is 8.58. The van der Waals surface area contributed by atoms with Gasteiger partial charge in [0.2, 0.25) is 0 Å². The second-order valence-corrected chi connectivity index (χ2v) is 6.69. The molecule has 0 saturated heterocycles. The minimum atomic E-state index is -0.332. The van der Waals surface area contributed by atoms with Crippen molar-refractivity contribution in [3.05, 3.63) is 63.5 Å². The Bertz CT molecular complexity index is 863. The van der Waals surface area contributed by atoms with Gasteiger partial charge in [-0.25, -0.2) is 0 Å². The van der Waals surface area contributed by atoms with Crippen LogP contribution in [-0.4, -0.2) is 18.2 Å². The van der Waals surface area contributed by atoms with Gasteiger partial charge in [-0.1, -0.05) is 29.8 Å². The zero-order valence-corrected chi connectivity index (χ0v) is 14.9. The average Bonchev–Trinajstić information content (AvgIpc) is 2.92. The number of rotatable bonds is 5. The van der Waals surface area contributed by atoms with E-state index in [0.717, 1.165) is 22.9 Å². The summed E-state index contributed by atoms with van der Waals surface area (Å²) in [4.78, 5) is 15.9. The lowest BCUT2D eigenvalue weighted by molar-refractivity contribution is -0.113. The molecule has 7 heteroatoms. The van der Waals surface area contributed by atoms with E-state index in [0.29, 0.717) is 28.0 Å². The maximum atomic E-state index is 11.7. The zero-order chi connectivity index (χ0) is 17.8. The fraction of sp³-hybridized carbons (Fsp3) is 0.111. The van der Waals surface area contributed by atoms with Crippen LogP contribution in [0.15, 0.2) is 52.4 Å². The minimum Gasteiger partial charge on any atom is -0.493 e. The summed E-state index contributed by atoms with van der Waals surface area (Å²) in [5, 5.41) is 0.930. The Morgan fingerprint density at radius 3 is 2.60 bits per heavy atom. The quantitative estimate of drug-likeness (QED) is 0.804. The lowest BCUT2D eigenvalue weighted by Gasteiger charge is -2.12. The van der Waals surface area contributed by atoms with Crippen LogP contribution < -0.4 is 15.2 Å². The summed E-state index contributed by atoms with van der Waals surface area (Å²) in [5.74, 6) is 0.857. The molecule has 0 radical (unpaired) electrons. The third-order valence-corrected chi connectivity index (χ3v) is 4.49. The van der Waals surface area contributed by atoms with E-state index in [9.17, 15) is 4.79 Å². The van der Waals surface area contributed by atoms with Crippen LogP contribution in [0.25, 0.3) is 6.08 Å². The zero-order valence-electron chi connectivity index (χ0n) is 13.4. The SMILES string of the molecule is COc1ccc(/C=C2/SC(N)=NC2=O)cc1OCc1ccc(Cl)cc1. The van der Waals surface area contributed by atoms with Gasteiger partial charge in [-0.15, -0.1) is 0 Å². The third kappa shape index (κ3) is 4.35. The molecule has 0 aliphatic carbocycles. The first kappa shape index (κ1) is 17.4. The molecule has 0 fully saturated rings. The molecule has 2 aromatic rings. The van der Waals surface area contributed by atoms with Gasteiger partial charge in [0.05, 0.1) is 12.0 Å². The van der Waals surface area contributed by atoms with Gasteiger partial charge in [0, 0.05) is 5.02 Å². The largest absolute Gasteiger partial charge is 0.493 e. The lowest BCUT2D eigenvalue weighted by atomic mass is 10.2. The topological polar surface area (TPSA) is 73.9 Å². The Labute approximate surface area is 154 Å². The van der Waals surface area contributed by atoms with Crippen molar-refractivity contribution in [1.82, 2.24) is 0 Å². The second-order valence-electron chi connectivity index (χ2n) is 5.19. The molecule has 5 nitrogen and oxygen atoms in total. The van der Waals surface area contributed by atoms with E-state index in [1.165, 1.54) is 0 Å². The van der Waals surface area contributed by atoms with Crippen molar-refractivity contribution in [1.29, 1.82) is 0 Å². The van der Waals surface area contributed by atoms with Crippen LogP contribution in [0, 0.1) is 0 Å². The number of methoxy groups -OCH3 is 1. The Hall–Kier alpha value is -2.44. The number of nitrogens with zero attached hydrogens (tertiary/aromatic N) is 1. The number of hydrogen-bond donors (Lipinski definition) is 1. The number of thioether (sulfide) groups is 1. The van der Waals surface area contributed by atoms with Crippen molar-refractivity contribution < 1.29 is 14.3 Å². The molecule has 0 unspecified atom stereocenters. The first-order chi connectivity index (χ1) is 12.0. The Kier molecular flexibility index (Phi) is 5.31. The molecule has 0 spiro atoms. The van der Waals surface area contributed by atoms with Crippen LogP contribution in [0.3, 0.4) is 0 Å². The molecule has 0 saturated carbocycles. The summed E-state index contributed by atoms with van der Waals surface area (Å²) >= 11 is 7.04. The summed E-state index contributed by atoms with van der Waals surface area (Å²) in [5.41, 5.74) is 7.35. The molecule has 1 heterocycles. The number of carbonyl (C=O) groups is 1. The number of aliphatic imine (C=N–C) groups is 1. The fourth-order valence-corrected chi connectivity index (χ4v) is 3.02. The monoisotopic (exact) mass is 374 g/mol. The smallest absolute Gasteiger partial charge is 0.286 e. The molecule has 1 amide bonds. The van der Waals surface area contributed by atoms with Gasteiger partial charge in [-0.05, 0) is 53.2 Å². The van der Waals surface area contributed by atoms with E-state index in [2.05, 4.69) is 4.99 Å². The number of benzene rings is 2. The minimum absolute atomic E-state index is 0.254. The highest BCUT2D eigenvalue weighted by molar-refractivity contribution is 8.18. The van der Waals surface area contributed by atoms with Crippen LogP contribution in [0.4, 0.5) is 0 Å². The summed E-state index contributed by atoms with van der Waals surface area (Å²) in [7, 11) is 1.58. The van der Waals surface area contributed by atoms with E-state index >= 15 is 0 Å². The molecule has 2 N–H and O–H groups in total. The van der Waals surface area contributed by atoms with Crippen molar-refractivity contribution in [2.45, 2.75) is 6.61 Å². The number of ether oxygens (including phenoxy) is 2. The van der Waals surface area contributed by atoms with Crippen LogP contribution in [0.2, 0.25) is 5.02 Å². The van der Waals surface area contributed by atoms with E-state index in [1.807, 2.05) is 36.4 Å². The molecule has 1 aliphatic rings. The normalized spacial score (nSPS) is 15.4. The second kappa shape index (κ2) is 7.63. The molecular weight excluding hydrogens is 360 g/mol. The number of halogens is 1. The predicted octanol–water partition coefficient (Wildman–Crippen LogP) is 3.86. The summed E-state index contributed by atoms with van der Waals surface area (Å²) < 4.78 is 11.2. The average molecular weight is 375 g/mol. The van der Waals surface area contributed by atoms with Crippen LogP contribution in [-0.2, 0) is 11.4 Å². The predicted molar refractivity (Wildman–Crippen MR) is 101 cm³/mol. The molecule has 25 heavy (non-hydrogen) atoms. The van der Waals surface area contributed by atoms with Gasteiger partial charge in [0.1, 0.15) is 6.61 Å². The van der Waals surface area contributed by atoms with Crippen molar-refractivity contribution in [2.75, 3.05) is 7.11 Å². The van der Waals surface area contributed by atoms with E-state index < -0.39 is 0 Å². The standard InChI is InChI=1S/C18H15ClN2O3S/c1-23-14-7-4-12(9-16-17(22)21-18(20)25-16)8-15(14)24-10-11-2-5-13(19)6-3-11/h2-9H,10H2,1H3,(H2,20,21,22)/b16-9+. The van der Waals surface area contributed by atoms with Gasteiger partial charge in [-0.3, -0.25) is 4.79 Å². The van der Waals surface area contributed by atoms with Gasteiger partial charge in [-0.2, -0.15) is 4.99 Å². The van der Waals surface area contributed by atoms with Gasteiger partial charge in [0.15, 0.2) is 16.7 Å². The fourth-order valence-electron chi connectivity index (χ4n) is 2.21. The summed E-state index contributed by atoms with van der Waals surface area (Å²) in [6.07, 6.45) is 1.73. The van der Waals surface area contributed by atoms with Gasteiger partial charge < -0.3 is 15.2 Å². The molecular formula is C18H15ClN2O3S. The number of amides is 1. The van der Waals surface area contributed by atoms with Crippen LogP contribution >= 0.6 is 23.4 Å². The summed E-state index contributed by atoms with van der Waals surface area (Å²) in [6, 6.07) is 12.9. The highest BCUT2D eigenvalue weighted by Crippen LogP contribution is 2.32. The third-order valence-electron chi connectivity index (χ3n) is 3.43. The summed E-state index contributed by atoms with van der Waals surface area (Å²) in [6.45, 7) is 0.372. The van der Waals surface area contributed by atoms with Crippen molar-refractivity contribution in [3.63, 3.8) is 0 Å². The molecule has 2 aromatic carbocycles. The van der Waals surface area contributed by atoms with Crippen LogP contribution in [0.5, 0.6) is 11.5 Å². The highest BCUT2D eigenvalue weighted by atomic mass is 35.5. The van der Waals surface area contributed by atoms with Crippen LogP contribution in [0.1, 0.15) is 11.1 Å². The van der Waals surface area contributed by atoms with Crippen molar-refractivity contribution >= 4 is 40.5 Å². The Morgan fingerprint density at radius 2 is 1.96 bits per heavy atom. The maximum Gasteiger partial charge on any atom is 0.286 e. The van der Waals surface area contributed by atoms with Crippen molar-refractivity contribution in [3.8, 4) is 11.5 Å². The number of amidine groups is 1. The molecule has 1 aliphatic heterocycles. The first-order valence-electron chi connectivity index (χ1n) is 7.38. The number of nitrogens with two attached hydrogens (primary N) is 1. The van der Waals surface area contributed by atoms with Gasteiger partial charge >= 0.3 is 0 Å². The number of hydrogen-bond acceptors (Lipinski definition) is 5.